The number of aryl methyl sites for hydroxylation is 3. The van der Waals surface area contributed by atoms with Crippen molar-refractivity contribution in [2.75, 3.05) is 6.54 Å². The fourth-order valence-electron chi connectivity index (χ4n) is 2.48. The second-order valence-electron chi connectivity index (χ2n) is 5.35. The van der Waals surface area contributed by atoms with Crippen LogP contribution >= 0.6 is 0 Å². The molecule has 2 aromatic rings. The maximum atomic E-state index is 4.68. The molecule has 21 heavy (non-hydrogen) atoms. The molecule has 1 atom stereocenters. The first-order valence-corrected chi connectivity index (χ1v) is 7.92. The summed E-state index contributed by atoms with van der Waals surface area (Å²) in [5.74, 6) is 0. The minimum atomic E-state index is 0.158. The normalized spacial score (nSPS) is 12.6. The van der Waals surface area contributed by atoms with Crippen LogP contribution in [-0.4, -0.2) is 21.3 Å². The van der Waals surface area contributed by atoms with Gasteiger partial charge in [-0.15, -0.1) is 0 Å². The molecule has 0 radical (unpaired) electrons. The van der Waals surface area contributed by atoms with Gasteiger partial charge in [0.2, 0.25) is 0 Å². The first-order chi connectivity index (χ1) is 10.2. The molecule has 2 rings (SSSR count). The molecule has 0 aliphatic carbocycles. The zero-order valence-corrected chi connectivity index (χ0v) is 13.6. The van der Waals surface area contributed by atoms with E-state index in [0.29, 0.717) is 0 Å². The van der Waals surface area contributed by atoms with Gasteiger partial charge in [0.25, 0.3) is 0 Å². The van der Waals surface area contributed by atoms with E-state index in [1.165, 1.54) is 11.3 Å². The standard InChI is InChI=1S/C17H26N4/c1-5-10-18-17(14-9-8-13(4)19-12-14)16-11-15(6-2)20-21(16)7-3/h8-9,11-12,17-18H,5-7,10H2,1-4H3. The van der Waals surface area contributed by atoms with Crippen molar-refractivity contribution in [3.63, 3.8) is 0 Å². The number of pyridine rings is 1. The van der Waals surface area contributed by atoms with Crippen LogP contribution in [0.3, 0.4) is 0 Å². The lowest BCUT2D eigenvalue weighted by Crippen LogP contribution is -2.26. The highest BCUT2D eigenvalue weighted by atomic mass is 15.3. The number of nitrogens with zero attached hydrogens (tertiary/aromatic N) is 3. The Morgan fingerprint density at radius 1 is 1.24 bits per heavy atom. The van der Waals surface area contributed by atoms with Crippen molar-refractivity contribution < 1.29 is 0 Å². The number of aromatic nitrogens is 3. The lowest BCUT2D eigenvalue weighted by atomic mass is 10.0. The summed E-state index contributed by atoms with van der Waals surface area (Å²) in [5.41, 5.74) is 4.63. The van der Waals surface area contributed by atoms with Gasteiger partial charge in [-0.2, -0.15) is 5.10 Å². The van der Waals surface area contributed by atoms with Gasteiger partial charge < -0.3 is 5.32 Å². The average molecular weight is 286 g/mol. The van der Waals surface area contributed by atoms with Crippen LogP contribution in [0, 0.1) is 6.92 Å². The molecular formula is C17H26N4. The van der Waals surface area contributed by atoms with Crippen LogP contribution in [0.2, 0.25) is 0 Å². The van der Waals surface area contributed by atoms with Crippen molar-refractivity contribution in [1.82, 2.24) is 20.1 Å². The van der Waals surface area contributed by atoms with E-state index in [4.69, 9.17) is 0 Å². The molecule has 0 aromatic carbocycles. The molecule has 0 aliphatic rings. The monoisotopic (exact) mass is 286 g/mol. The Hall–Kier alpha value is -1.68. The van der Waals surface area contributed by atoms with Crippen molar-refractivity contribution in [2.45, 2.75) is 53.1 Å². The fraction of sp³-hybridized carbons (Fsp3) is 0.529. The SMILES string of the molecule is CCCNC(c1ccc(C)nc1)c1cc(CC)nn1CC. The van der Waals surface area contributed by atoms with E-state index < -0.39 is 0 Å². The molecule has 0 saturated carbocycles. The van der Waals surface area contributed by atoms with Gasteiger partial charge in [0.15, 0.2) is 0 Å². The van der Waals surface area contributed by atoms with E-state index >= 15 is 0 Å². The van der Waals surface area contributed by atoms with Gasteiger partial charge in [-0.1, -0.05) is 19.9 Å². The maximum absolute atomic E-state index is 4.68. The van der Waals surface area contributed by atoms with E-state index in [1.807, 2.05) is 13.1 Å². The topological polar surface area (TPSA) is 42.7 Å². The number of hydrogen-bond acceptors (Lipinski definition) is 3. The fourth-order valence-corrected chi connectivity index (χ4v) is 2.48. The molecule has 4 heteroatoms. The van der Waals surface area contributed by atoms with Crippen molar-refractivity contribution in [3.8, 4) is 0 Å². The Balaban J connectivity index is 2.39. The molecule has 1 N–H and O–H groups in total. The van der Waals surface area contributed by atoms with Crippen LogP contribution < -0.4 is 5.32 Å². The number of rotatable bonds is 7. The van der Waals surface area contributed by atoms with Crippen LogP contribution in [0.1, 0.15) is 55.9 Å². The van der Waals surface area contributed by atoms with Crippen molar-refractivity contribution in [3.05, 3.63) is 47.0 Å². The Morgan fingerprint density at radius 3 is 2.62 bits per heavy atom. The Kier molecular flexibility index (Phi) is 5.51. The van der Waals surface area contributed by atoms with Crippen molar-refractivity contribution >= 4 is 0 Å². The van der Waals surface area contributed by atoms with E-state index in [0.717, 1.165) is 37.3 Å². The lowest BCUT2D eigenvalue weighted by molar-refractivity contribution is 0.527. The molecule has 0 bridgehead atoms. The first kappa shape index (κ1) is 15.7. The summed E-state index contributed by atoms with van der Waals surface area (Å²) in [5, 5.41) is 8.31. The molecule has 0 spiro atoms. The molecule has 2 aromatic heterocycles. The van der Waals surface area contributed by atoms with Crippen LogP contribution in [0.4, 0.5) is 0 Å². The largest absolute Gasteiger partial charge is 0.305 e. The molecule has 4 nitrogen and oxygen atoms in total. The van der Waals surface area contributed by atoms with E-state index in [-0.39, 0.29) is 6.04 Å². The molecule has 0 fully saturated rings. The van der Waals surface area contributed by atoms with E-state index in [9.17, 15) is 0 Å². The van der Waals surface area contributed by atoms with Gasteiger partial charge in [-0.25, -0.2) is 0 Å². The zero-order chi connectivity index (χ0) is 15.2. The molecule has 114 valence electrons. The van der Waals surface area contributed by atoms with Gasteiger partial charge in [0.1, 0.15) is 0 Å². The third-order valence-corrected chi connectivity index (χ3v) is 3.69. The van der Waals surface area contributed by atoms with E-state index in [2.05, 4.69) is 59.1 Å². The predicted molar refractivity (Wildman–Crippen MR) is 86.4 cm³/mol. The molecule has 1 unspecified atom stereocenters. The highest BCUT2D eigenvalue weighted by Crippen LogP contribution is 2.23. The van der Waals surface area contributed by atoms with Crippen LogP contribution in [0.25, 0.3) is 0 Å². The van der Waals surface area contributed by atoms with Gasteiger partial charge in [0.05, 0.1) is 17.4 Å². The first-order valence-electron chi connectivity index (χ1n) is 7.92. The molecular weight excluding hydrogens is 260 g/mol. The minimum absolute atomic E-state index is 0.158. The Morgan fingerprint density at radius 2 is 2.05 bits per heavy atom. The maximum Gasteiger partial charge on any atom is 0.0763 e. The third kappa shape index (κ3) is 3.70. The number of nitrogens with one attached hydrogen (secondary N) is 1. The Bertz CT molecular complexity index is 557. The van der Waals surface area contributed by atoms with Gasteiger partial charge in [-0.05, 0) is 50.9 Å². The second-order valence-corrected chi connectivity index (χ2v) is 5.35. The molecule has 2 heterocycles. The van der Waals surface area contributed by atoms with Crippen LogP contribution in [-0.2, 0) is 13.0 Å². The average Bonchev–Trinajstić information content (AvgIpc) is 2.92. The van der Waals surface area contributed by atoms with Crippen LogP contribution in [0.5, 0.6) is 0 Å². The second kappa shape index (κ2) is 7.36. The summed E-state index contributed by atoms with van der Waals surface area (Å²) in [6.07, 6.45) is 4.05. The number of hydrogen-bond donors (Lipinski definition) is 1. The summed E-state index contributed by atoms with van der Waals surface area (Å²) in [4.78, 5) is 4.45. The van der Waals surface area contributed by atoms with Gasteiger partial charge in [0, 0.05) is 18.4 Å². The zero-order valence-electron chi connectivity index (χ0n) is 13.6. The minimum Gasteiger partial charge on any atom is -0.305 e. The highest BCUT2D eigenvalue weighted by Gasteiger charge is 2.19. The van der Waals surface area contributed by atoms with Gasteiger partial charge in [-0.3, -0.25) is 9.67 Å². The van der Waals surface area contributed by atoms with Crippen molar-refractivity contribution in [1.29, 1.82) is 0 Å². The predicted octanol–water partition coefficient (Wildman–Crippen LogP) is 3.26. The Labute approximate surface area is 127 Å². The smallest absolute Gasteiger partial charge is 0.0763 e. The van der Waals surface area contributed by atoms with Crippen LogP contribution in [0.15, 0.2) is 24.4 Å². The summed E-state index contributed by atoms with van der Waals surface area (Å²) < 4.78 is 2.10. The molecule has 0 saturated heterocycles. The van der Waals surface area contributed by atoms with E-state index in [1.54, 1.807) is 0 Å². The highest BCUT2D eigenvalue weighted by molar-refractivity contribution is 5.28. The van der Waals surface area contributed by atoms with Crippen molar-refractivity contribution in [2.24, 2.45) is 0 Å². The molecule has 0 aliphatic heterocycles. The molecule has 0 amide bonds. The summed E-state index contributed by atoms with van der Waals surface area (Å²) in [6.45, 7) is 10.4. The summed E-state index contributed by atoms with van der Waals surface area (Å²) in [7, 11) is 0. The lowest BCUT2D eigenvalue weighted by Gasteiger charge is -2.20. The summed E-state index contributed by atoms with van der Waals surface area (Å²) >= 11 is 0. The van der Waals surface area contributed by atoms with Gasteiger partial charge >= 0.3 is 0 Å². The third-order valence-electron chi connectivity index (χ3n) is 3.69. The quantitative estimate of drug-likeness (QED) is 0.849. The summed E-state index contributed by atoms with van der Waals surface area (Å²) in [6, 6.07) is 6.61.